The van der Waals surface area contributed by atoms with Crippen molar-refractivity contribution in [2.75, 3.05) is 38.1 Å². The molecule has 1 aromatic carbocycles. The van der Waals surface area contributed by atoms with Crippen molar-refractivity contribution in [3.8, 4) is 0 Å². The minimum atomic E-state index is -0.400. The lowest BCUT2D eigenvalue weighted by Crippen LogP contribution is -2.44. The predicted molar refractivity (Wildman–Crippen MR) is 83.1 cm³/mol. The molecule has 1 aliphatic rings. The fourth-order valence-corrected chi connectivity index (χ4v) is 2.77. The third kappa shape index (κ3) is 2.77. The van der Waals surface area contributed by atoms with Crippen molar-refractivity contribution in [1.29, 1.82) is 0 Å². The number of non-ortho nitro benzene ring substituents is 1. The summed E-state index contributed by atoms with van der Waals surface area (Å²) in [5, 5.41) is 12.9. The molecule has 3 rings (SSSR count). The number of likely N-dealkylation sites (N-methyl/N-ethyl adjacent to an activating group) is 1. The van der Waals surface area contributed by atoms with Gasteiger partial charge in [-0.05, 0) is 24.6 Å². The smallest absolute Gasteiger partial charge is 0.270 e. The summed E-state index contributed by atoms with van der Waals surface area (Å²) in [6.45, 7) is 3.66. The molecule has 0 radical (unpaired) electrons. The van der Waals surface area contributed by atoms with Gasteiger partial charge < -0.3 is 9.80 Å². The first-order valence-electron chi connectivity index (χ1n) is 6.73. The van der Waals surface area contributed by atoms with E-state index in [4.69, 9.17) is 11.6 Å². The van der Waals surface area contributed by atoms with Crippen LogP contribution in [0.5, 0.6) is 0 Å². The summed E-state index contributed by atoms with van der Waals surface area (Å²) in [6, 6.07) is 6.48. The fourth-order valence-electron chi connectivity index (χ4n) is 2.57. The van der Waals surface area contributed by atoms with Crippen LogP contribution in [0, 0.1) is 10.1 Å². The zero-order valence-electron chi connectivity index (χ0n) is 11.6. The van der Waals surface area contributed by atoms with Gasteiger partial charge in [0.2, 0.25) is 0 Å². The number of benzene rings is 1. The van der Waals surface area contributed by atoms with E-state index in [1.807, 2.05) is 0 Å². The average Bonchev–Trinajstić information content (AvgIpc) is 2.46. The largest absolute Gasteiger partial charge is 0.353 e. The van der Waals surface area contributed by atoms with Crippen LogP contribution in [-0.4, -0.2) is 48.0 Å². The van der Waals surface area contributed by atoms with Gasteiger partial charge in [-0.15, -0.1) is 0 Å². The molecule has 1 fully saturated rings. The second-order valence-corrected chi connectivity index (χ2v) is 5.61. The summed E-state index contributed by atoms with van der Waals surface area (Å²) in [7, 11) is 2.09. The zero-order valence-corrected chi connectivity index (χ0v) is 12.4. The van der Waals surface area contributed by atoms with Crippen molar-refractivity contribution in [3.63, 3.8) is 0 Å². The lowest BCUT2D eigenvalue weighted by molar-refractivity contribution is -0.384. The maximum absolute atomic E-state index is 10.9. The second kappa shape index (κ2) is 5.46. The number of piperazine rings is 1. The lowest BCUT2D eigenvalue weighted by Gasteiger charge is -2.33. The highest BCUT2D eigenvalue weighted by molar-refractivity contribution is 6.30. The molecule has 7 heteroatoms. The summed E-state index contributed by atoms with van der Waals surface area (Å²) in [5.74, 6) is 0.806. The number of nitro groups is 1. The average molecular weight is 307 g/mol. The van der Waals surface area contributed by atoms with Crippen LogP contribution in [-0.2, 0) is 0 Å². The number of halogens is 1. The van der Waals surface area contributed by atoms with E-state index in [2.05, 4.69) is 21.8 Å². The predicted octanol–water partition coefficient (Wildman–Crippen LogP) is 2.55. The van der Waals surface area contributed by atoms with E-state index in [9.17, 15) is 10.1 Å². The van der Waals surface area contributed by atoms with Gasteiger partial charge in [-0.25, -0.2) is 4.98 Å². The Balaban J connectivity index is 2.07. The molecule has 1 aliphatic heterocycles. The van der Waals surface area contributed by atoms with Crippen molar-refractivity contribution in [2.45, 2.75) is 0 Å². The summed E-state index contributed by atoms with van der Waals surface area (Å²) < 4.78 is 0. The van der Waals surface area contributed by atoms with Gasteiger partial charge in [-0.2, -0.15) is 0 Å². The molecular weight excluding hydrogens is 292 g/mol. The highest BCUT2D eigenvalue weighted by Crippen LogP contribution is 2.30. The molecule has 0 amide bonds. The van der Waals surface area contributed by atoms with Crippen molar-refractivity contribution >= 4 is 33.9 Å². The standard InChI is InChI=1S/C14H15ClN4O2/c1-17-4-6-18(7-5-17)14-12-3-2-11(19(20)21)8-10(12)9-13(15)16-14/h2-3,8-9H,4-7H2,1H3. The monoisotopic (exact) mass is 306 g/mol. The van der Waals surface area contributed by atoms with Gasteiger partial charge in [0.15, 0.2) is 0 Å². The Kier molecular flexibility index (Phi) is 3.65. The van der Waals surface area contributed by atoms with Crippen LogP contribution >= 0.6 is 11.6 Å². The molecule has 2 aromatic rings. The molecule has 1 saturated heterocycles. The van der Waals surface area contributed by atoms with Crippen molar-refractivity contribution in [1.82, 2.24) is 9.88 Å². The Morgan fingerprint density at radius 2 is 1.95 bits per heavy atom. The van der Waals surface area contributed by atoms with E-state index in [1.165, 1.54) is 6.07 Å². The van der Waals surface area contributed by atoms with E-state index in [0.29, 0.717) is 5.15 Å². The van der Waals surface area contributed by atoms with E-state index in [0.717, 1.165) is 42.8 Å². The van der Waals surface area contributed by atoms with Crippen LogP contribution in [0.2, 0.25) is 5.15 Å². The Morgan fingerprint density at radius 3 is 2.62 bits per heavy atom. The van der Waals surface area contributed by atoms with Crippen LogP contribution in [0.1, 0.15) is 0 Å². The molecule has 0 saturated carbocycles. The highest BCUT2D eigenvalue weighted by Gasteiger charge is 2.19. The summed E-state index contributed by atoms with van der Waals surface area (Å²) in [4.78, 5) is 19.4. The van der Waals surface area contributed by atoms with Crippen molar-refractivity contribution in [2.24, 2.45) is 0 Å². The first kappa shape index (κ1) is 14.0. The van der Waals surface area contributed by atoms with Crippen LogP contribution in [0.25, 0.3) is 10.8 Å². The molecule has 110 valence electrons. The lowest BCUT2D eigenvalue weighted by atomic mass is 10.1. The first-order valence-corrected chi connectivity index (χ1v) is 7.10. The van der Waals surface area contributed by atoms with E-state index >= 15 is 0 Å². The maximum atomic E-state index is 10.9. The highest BCUT2D eigenvalue weighted by atomic mass is 35.5. The molecule has 6 nitrogen and oxygen atoms in total. The molecule has 0 N–H and O–H groups in total. The number of hydrogen-bond donors (Lipinski definition) is 0. The molecule has 2 heterocycles. The van der Waals surface area contributed by atoms with E-state index in [1.54, 1.807) is 18.2 Å². The second-order valence-electron chi connectivity index (χ2n) is 5.22. The molecule has 0 bridgehead atoms. The third-order valence-corrected chi connectivity index (χ3v) is 3.97. The van der Waals surface area contributed by atoms with E-state index in [-0.39, 0.29) is 5.69 Å². The van der Waals surface area contributed by atoms with Crippen molar-refractivity contribution in [3.05, 3.63) is 39.5 Å². The molecule has 1 aromatic heterocycles. The fraction of sp³-hybridized carbons (Fsp3) is 0.357. The minimum Gasteiger partial charge on any atom is -0.353 e. The number of rotatable bonds is 2. The van der Waals surface area contributed by atoms with Crippen molar-refractivity contribution < 1.29 is 4.92 Å². The molecule has 0 spiro atoms. The summed E-state index contributed by atoms with van der Waals surface area (Å²) in [5.41, 5.74) is 0.0640. The van der Waals surface area contributed by atoms with Gasteiger partial charge in [-0.1, -0.05) is 11.6 Å². The van der Waals surface area contributed by atoms with Gasteiger partial charge in [0.1, 0.15) is 11.0 Å². The zero-order chi connectivity index (χ0) is 15.0. The number of anilines is 1. The number of nitro benzene ring substituents is 1. The molecule has 0 unspecified atom stereocenters. The van der Waals surface area contributed by atoms with Gasteiger partial charge in [0.25, 0.3) is 5.69 Å². The number of aromatic nitrogens is 1. The Labute approximate surface area is 127 Å². The number of pyridine rings is 1. The molecule has 0 aliphatic carbocycles. The van der Waals surface area contributed by atoms with Gasteiger partial charge in [0, 0.05) is 43.7 Å². The van der Waals surface area contributed by atoms with Crippen LogP contribution in [0.4, 0.5) is 11.5 Å². The van der Waals surface area contributed by atoms with Crippen LogP contribution in [0.15, 0.2) is 24.3 Å². The number of fused-ring (bicyclic) bond motifs is 1. The SMILES string of the molecule is CN1CCN(c2nc(Cl)cc3cc([N+](=O)[O-])ccc23)CC1. The van der Waals surface area contributed by atoms with Gasteiger partial charge in [-0.3, -0.25) is 10.1 Å². The summed E-state index contributed by atoms with van der Waals surface area (Å²) in [6.07, 6.45) is 0. The Hall–Kier alpha value is -1.92. The Bertz CT molecular complexity index is 699. The third-order valence-electron chi connectivity index (χ3n) is 3.78. The summed E-state index contributed by atoms with van der Waals surface area (Å²) >= 11 is 6.09. The Morgan fingerprint density at radius 1 is 1.24 bits per heavy atom. The van der Waals surface area contributed by atoms with E-state index < -0.39 is 4.92 Å². The van der Waals surface area contributed by atoms with Crippen LogP contribution < -0.4 is 4.90 Å². The number of hydrogen-bond acceptors (Lipinski definition) is 5. The molecule has 21 heavy (non-hydrogen) atoms. The van der Waals surface area contributed by atoms with Gasteiger partial charge in [0.05, 0.1) is 4.92 Å². The number of nitrogens with zero attached hydrogens (tertiary/aromatic N) is 4. The van der Waals surface area contributed by atoms with Crippen LogP contribution in [0.3, 0.4) is 0 Å². The maximum Gasteiger partial charge on any atom is 0.270 e. The molecule has 0 atom stereocenters. The normalized spacial score (nSPS) is 16.4. The minimum absolute atomic E-state index is 0.0640. The molecular formula is C14H15ClN4O2. The first-order chi connectivity index (χ1) is 10.0. The van der Waals surface area contributed by atoms with Gasteiger partial charge >= 0.3 is 0 Å². The topological polar surface area (TPSA) is 62.5 Å². The quantitative estimate of drug-likeness (QED) is 0.485.